The molecular formula is C19H20ClNO. The number of hydrogen-bond acceptors (Lipinski definition) is 2. The molecule has 0 radical (unpaired) electrons. The van der Waals surface area contributed by atoms with Crippen LogP contribution in [0.5, 0.6) is 0 Å². The third-order valence-corrected chi connectivity index (χ3v) is 4.47. The minimum absolute atomic E-state index is 0.0796. The number of carbonyl (C=O) groups is 1. The van der Waals surface area contributed by atoms with Crippen LogP contribution in [-0.4, -0.2) is 23.8 Å². The molecule has 0 N–H and O–H groups in total. The third-order valence-electron chi connectivity index (χ3n) is 4.23. The van der Waals surface area contributed by atoms with Gasteiger partial charge < -0.3 is 0 Å². The number of rotatable bonds is 4. The Kier molecular flexibility index (Phi) is 4.91. The van der Waals surface area contributed by atoms with Gasteiger partial charge in [0.25, 0.3) is 0 Å². The molecule has 1 fully saturated rings. The lowest BCUT2D eigenvalue weighted by Crippen LogP contribution is -2.38. The van der Waals surface area contributed by atoms with Crippen LogP contribution in [0.2, 0.25) is 5.02 Å². The SMILES string of the molecule is O=C(c1cccc(Cl)c1)C1CCCN(Cc2ccccc2)C1. The Labute approximate surface area is 136 Å². The molecule has 2 nitrogen and oxygen atoms in total. The average Bonchev–Trinajstić information content (AvgIpc) is 2.55. The van der Waals surface area contributed by atoms with E-state index in [1.165, 1.54) is 5.56 Å². The first-order valence-electron chi connectivity index (χ1n) is 7.78. The fraction of sp³-hybridized carbons (Fsp3) is 0.316. The molecule has 114 valence electrons. The smallest absolute Gasteiger partial charge is 0.167 e. The van der Waals surface area contributed by atoms with Gasteiger partial charge in [0, 0.05) is 29.6 Å². The number of ketones is 1. The van der Waals surface area contributed by atoms with Gasteiger partial charge in [-0.25, -0.2) is 0 Å². The molecular weight excluding hydrogens is 294 g/mol. The molecule has 0 saturated carbocycles. The van der Waals surface area contributed by atoms with Gasteiger partial charge in [0.1, 0.15) is 0 Å². The topological polar surface area (TPSA) is 20.3 Å². The molecule has 1 unspecified atom stereocenters. The van der Waals surface area contributed by atoms with Gasteiger partial charge in [-0.3, -0.25) is 9.69 Å². The van der Waals surface area contributed by atoms with Crippen LogP contribution in [0.1, 0.15) is 28.8 Å². The Morgan fingerprint density at radius 1 is 1.14 bits per heavy atom. The summed E-state index contributed by atoms with van der Waals surface area (Å²) in [6.45, 7) is 2.81. The van der Waals surface area contributed by atoms with Gasteiger partial charge in [-0.15, -0.1) is 0 Å². The molecule has 1 saturated heterocycles. The van der Waals surface area contributed by atoms with Crippen molar-refractivity contribution < 1.29 is 4.79 Å². The van der Waals surface area contributed by atoms with Crippen molar-refractivity contribution in [1.29, 1.82) is 0 Å². The van der Waals surface area contributed by atoms with E-state index in [9.17, 15) is 4.79 Å². The number of piperidine rings is 1. The Balaban J connectivity index is 1.66. The van der Waals surface area contributed by atoms with Crippen LogP contribution >= 0.6 is 11.6 Å². The Morgan fingerprint density at radius 2 is 1.95 bits per heavy atom. The average molecular weight is 314 g/mol. The minimum atomic E-state index is 0.0796. The van der Waals surface area contributed by atoms with Gasteiger partial charge in [-0.1, -0.05) is 54.1 Å². The van der Waals surface area contributed by atoms with E-state index >= 15 is 0 Å². The molecule has 0 aliphatic carbocycles. The standard InChI is InChI=1S/C19H20ClNO/c20-18-10-4-8-16(12-18)19(22)17-9-5-11-21(14-17)13-15-6-2-1-3-7-15/h1-4,6-8,10,12,17H,5,9,11,13-14H2. The van der Waals surface area contributed by atoms with E-state index in [0.717, 1.165) is 38.0 Å². The summed E-state index contributed by atoms with van der Waals surface area (Å²) in [5, 5.41) is 0.628. The normalized spacial score (nSPS) is 19.0. The second-order valence-corrected chi connectivity index (χ2v) is 6.37. The lowest BCUT2D eigenvalue weighted by atomic mass is 9.90. The zero-order valence-electron chi connectivity index (χ0n) is 12.5. The van der Waals surface area contributed by atoms with Crippen molar-refractivity contribution in [3.63, 3.8) is 0 Å². The molecule has 1 heterocycles. The first-order chi connectivity index (χ1) is 10.7. The van der Waals surface area contributed by atoms with Gasteiger partial charge >= 0.3 is 0 Å². The van der Waals surface area contributed by atoms with Crippen LogP contribution < -0.4 is 0 Å². The fourth-order valence-electron chi connectivity index (χ4n) is 3.13. The highest BCUT2D eigenvalue weighted by Gasteiger charge is 2.26. The molecule has 0 amide bonds. The summed E-state index contributed by atoms with van der Waals surface area (Å²) < 4.78 is 0. The van der Waals surface area contributed by atoms with Gasteiger partial charge in [0.15, 0.2) is 5.78 Å². The third kappa shape index (κ3) is 3.76. The molecule has 0 aromatic heterocycles. The largest absolute Gasteiger partial charge is 0.298 e. The van der Waals surface area contributed by atoms with Crippen molar-refractivity contribution in [2.24, 2.45) is 5.92 Å². The van der Waals surface area contributed by atoms with Crippen molar-refractivity contribution >= 4 is 17.4 Å². The van der Waals surface area contributed by atoms with Crippen LogP contribution in [0, 0.1) is 5.92 Å². The van der Waals surface area contributed by atoms with Crippen LogP contribution in [0.25, 0.3) is 0 Å². The maximum atomic E-state index is 12.7. The summed E-state index contributed by atoms with van der Waals surface area (Å²) in [6.07, 6.45) is 2.04. The lowest BCUT2D eigenvalue weighted by molar-refractivity contribution is 0.0811. The maximum Gasteiger partial charge on any atom is 0.167 e. The second-order valence-electron chi connectivity index (χ2n) is 5.93. The predicted octanol–water partition coefficient (Wildman–Crippen LogP) is 4.43. The molecule has 3 rings (SSSR count). The number of hydrogen-bond donors (Lipinski definition) is 0. The van der Waals surface area contributed by atoms with Crippen molar-refractivity contribution in [2.75, 3.05) is 13.1 Å². The van der Waals surface area contributed by atoms with E-state index in [1.807, 2.05) is 18.2 Å². The predicted molar refractivity (Wildman–Crippen MR) is 90.2 cm³/mol. The summed E-state index contributed by atoms with van der Waals surface area (Å²) in [5.74, 6) is 0.302. The van der Waals surface area contributed by atoms with Crippen LogP contribution in [0.4, 0.5) is 0 Å². The highest BCUT2D eigenvalue weighted by Crippen LogP contribution is 2.23. The molecule has 0 bridgehead atoms. The van der Waals surface area contributed by atoms with E-state index < -0.39 is 0 Å². The summed E-state index contributed by atoms with van der Waals surface area (Å²) in [7, 11) is 0. The molecule has 22 heavy (non-hydrogen) atoms. The van der Waals surface area contributed by atoms with E-state index in [-0.39, 0.29) is 11.7 Å². The molecule has 0 spiro atoms. The van der Waals surface area contributed by atoms with E-state index in [2.05, 4.69) is 29.2 Å². The first kappa shape index (κ1) is 15.3. The van der Waals surface area contributed by atoms with Gasteiger partial charge in [-0.05, 0) is 37.1 Å². The molecule has 3 heteroatoms. The summed E-state index contributed by atoms with van der Waals surface area (Å²) >= 11 is 6.00. The van der Waals surface area contributed by atoms with Crippen molar-refractivity contribution in [2.45, 2.75) is 19.4 Å². The zero-order chi connectivity index (χ0) is 15.4. The van der Waals surface area contributed by atoms with Crippen LogP contribution in [0.15, 0.2) is 54.6 Å². The Morgan fingerprint density at radius 3 is 2.73 bits per heavy atom. The highest BCUT2D eigenvalue weighted by atomic mass is 35.5. The highest BCUT2D eigenvalue weighted by molar-refractivity contribution is 6.31. The van der Waals surface area contributed by atoms with Crippen molar-refractivity contribution in [3.8, 4) is 0 Å². The van der Waals surface area contributed by atoms with Crippen molar-refractivity contribution in [1.82, 2.24) is 4.90 Å². The van der Waals surface area contributed by atoms with Gasteiger partial charge in [0.05, 0.1) is 0 Å². The number of nitrogens with zero attached hydrogens (tertiary/aromatic N) is 1. The van der Waals surface area contributed by atoms with E-state index in [1.54, 1.807) is 12.1 Å². The number of Topliss-reactive ketones (excluding diaryl/α,β-unsaturated/α-hetero) is 1. The molecule has 1 aliphatic heterocycles. The molecule has 2 aromatic carbocycles. The maximum absolute atomic E-state index is 12.7. The molecule has 1 atom stereocenters. The number of carbonyl (C=O) groups excluding carboxylic acids is 1. The Hall–Kier alpha value is -1.64. The summed E-state index contributed by atoms with van der Waals surface area (Å²) in [6, 6.07) is 17.7. The first-order valence-corrected chi connectivity index (χ1v) is 8.16. The number of likely N-dealkylation sites (tertiary alicyclic amines) is 1. The van der Waals surface area contributed by atoms with E-state index in [0.29, 0.717) is 5.02 Å². The number of benzene rings is 2. The van der Waals surface area contributed by atoms with Crippen LogP contribution in [-0.2, 0) is 6.54 Å². The fourth-order valence-corrected chi connectivity index (χ4v) is 3.32. The zero-order valence-corrected chi connectivity index (χ0v) is 13.3. The second kappa shape index (κ2) is 7.08. The summed E-state index contributed by atoms with van der Waals surface area (Å²) in [4.78, 5) is 15.0. The quantitative estimate of drug-likeness (QED) is 0.778. The molecule has 1 aliphatic rings. The minimum Gasteiger partial charge on any atom is -0.298 e. The van der Waals surface area contributed by atoms with Crippen molar-refractivity contribution in [3.05, 3.63) is 70.7 Å². The summed E-state index contributed by atoms with van der Waals surface area (Å²) in [5.41, 5.74) is 2.04. The number of halogens is 1. The van der Waals surface area contributed by atoms with Gasteiger partial charge in [-0.2, -0.15) is 0 Å². The Bertz CT molecular complexity index is 641. The molecule has 2 aromatic rings. The van der Waals surface area contributed by atoms with E-state index in [4.69, 9.17) is 11.6 Å². The van der Waals surface area contributed by atoms with Gasteiger partial charge in [0.2, 0.25) is 0 Å². The lowest BCUT2D eigenvalue weighted by Gasteiger charge is -2.32. The monoisotopic (exact) mass is 313 g/mol. The van der Waals surface area contributed by atoms with Crippen LogP contribution in [0.3, 0.4) is 0 Å².